The van der Waals surface area contributed by atoms with E-state index < -0.39 is 0 Å². The summed E-state index contributed by atoms with van der Waals surface area (Å²) in [6.45, 7) is 0. The predicted octanol–water partition coefficient (Wildman–Crippen LogP) is 12.7. The van der Waals surface area contributed by atoms with Gasteiger partial charge in [0.2, 0.25) is 0 Å². The van der Waals surface area contributed by atoms with Crippen LogP contribution in [0.2, 0.25) is 25.1 Å². The molecule has 0 atom stereocenters. The van der Waals surface area contributed by atoms with Gasteiger partial charge in [-0.2, -0.15) is 0 Å². The summed E-state index contributed by atoms with van der Waals surface area (Å²) < 4.78 is 0. The van der Waals surface area contributed by atoms with Crippen molar-refractivity contribution in [1.82, 2.24) is 4.98 Å². The van der Waals surface area contributed by atoms with Crippen LogP contribution in [0.15, 0.2) is 121 Å². The first kappa shape index (κ1) is 27.8. The molecule has 41 heavy (non-hydrogen) atoms. The second-order valence-electron chi connectivity index (χ2n) is 9.49. The fourth-order valence-electron chi connectivity index (χ4n) is 5.06. The van der Waals surface area contributed by atoms with Crippen molar-refractivity contribution in [3.05, 3.63) is 146 Å². The highest BCUT2D eigenvalue weighted by atomic mass is 35.5. The summed E-state index contributed by atoms with van der Waals surface area (Å²) in [5.41, 5.74) is 8.61. The summed E-state index contributed by atoms with van der Waals surface area (Å²) in [4.78, 5) is 5.38. The first-order valence-corrected chi connectivity index (χ1v) is 14.6. The van der Waals surface area contributed by atoms with Gasteiger partial charge in [-0.25, -0.2) is 4.98 Å². The molecule has 0 aliphatic rings. The van der Waals surface area contributed by atoms with Crippen LogP contribution in [0.25, 0.3) is 55.9 Å². The van der Waals surface area contributed by atoms with Gasteiger partial charge < -0.3 is 0 Å². The number of benzene rings is 5. The summed E-state index contributed by atoms with van der Waals surface area (Å²) in [6.07, 6.45) is 0. The summed E-state index contributed by atoms with van der Waals surface area (Å²) in [5, 5.41) is 3.05. The Balaban J connectivity index is 1.88. The van der Waals surface area contributed by atoms with Crippen LogP contribution in [0.3, 0.4) is 0 Å². The van der Waals surface area contributed by atoms with E-state index in [9.17, 15) is 0 Å². The van der Waals surface area contributed by atoms with Crippen molar-refractivity contribution in [3.63, 3.8) is 0 Å². The third kappa shape index (κ3) is 5.88. The van der Waals surface area contributed by atoms with Crippen molar-refractivity contribution in [1.29, 1.82) is 0 Å². The predicted molar refractivity (Wildman–Crippen MR) is 176 cm³/mol. The van der Waals surface area contributed by atoms with Gasteiger partial charge in [0.25, 0.3) is 0 Å². The fourth-order valence-corrected chi connectivity index (χ4v) is 6.01. The highest BCUT2D eigenvalue weighted by molar-refractivity contribution is 6.32. The SMILES string of the molecule is Clc1cccc(-c2nc(-c3cccc(Cl)c3)c(-c3cccc(Cl)c3)c(-c3cccc(Cl)c3)c2-c2cccc(Cl)c2)c1. The van der Waals surface area contributed by atoms with Gasteiger partial charge in [-0.1, -0.05) is 119 Å². The Bertz CT molecular complexity index is 1800. The van der Waals surface area contributed by atoms with Gasteiger partial charge in [-0.05, 0) is 77.4 Å². The van der Waals surface area contributed by atoms with E-state index in [2.05, 4.69) is 0 Å². The van der Waals surface area contributed by atoms with Crippen molar-refractivity contribution >= 4 is 58.0 Å². The van der Waals surface area contributed by atoms with Crippen molar-refractivity contribution in [2.75, 3.05) is 0 Å². The molecule has 0 radical (unpaired) electrons. The minimum absolute atomic E-state index is 0.605. The molecule has 6 heteroatoms. The Hall–Kier alpha value is -3.30. The van der Waals surface area contributed by atoms with Gasteiger partial charge in [-0.15, -0.1) is 0 Å². The molecule has 0 bridgehead atoms. The summed E-state index contributed by atoms with van der Waals surface area (Å²) in [5.74, 6) is 0. The highest BCUT2D eigenvalue weighted by Gasteiger charge is 2.26. The van der Waals surface area contributed by atoms with Crippen LogP contribution in [0.4, 0.5) is 0 Å². The fraction of sp³-hybridized carbons (Fsp3) is 0. The molecule has 0 unspecified atom stereocenters. The van der Waals surface area contributed by atoms with Crippen LogP contribution in [0, 0.1) is 0 Å². The maximum Gasteiger partial charge on any atom is 0.0795 e. The number of halogens is 5. The lowest BCUT2D eigenvalue weighted by Crippen LogP contribution is -2.01. The normalized spacial score (nSPS) is 11.0. The van der Waals surface area contributed by atoms with E-state index >= 15 is 0 Å². The number of nitrogens with zero attached hydrogens (tertiary/aromatic N) is 1. The van der Waals surface area contributed by atoms with Gasteiger partial charge in [0.05, 0.1) is 11.4 Å². The van der Waals surface area contributed by atoms with Crippen molar-refractivity contribution < 1.29 is 0 Å². The zero-order chi connectivity index (χ0) is 28.5. The van der Waals surface area contributed by atoms with Gasteiger partial charge in [0.1, 0.15) is 0 Å². The molecule has 6 aromatic rings. The van der Waals surface area contributed by atoms with Crippen LogP contribution < -0.4 is 0 Å². The van der Waals surface area contributed by atoms with E-state index in [0.717, 1.165) is 55.9 Å². The average Bonchev–Trinajstić information content (AvgIpc) is 2.96. The maximum atomic E-state index is 6.60. The van der Waals surface area contributed by atoms with Gasteiger partial charge in [-0.3, -0.25) is 0 Å². The maximum absolute atomic E-state index is 6.60. The third-order valence-corrected chi connectivity index (χ3v) is 7.91. The van der Waals surface area contributed by atoms with Gasteiger partial charge in [0, 0.05) is 52.9 Å². The number of aromatic nitrogens is 1. The minimum atomic E-state index is 0.605. The highest BCUT2D eigenvalue weighted by Crippen LogP contribution is 2.49. The summed E-state index contributed by atoms with van der Waals surface area (Å²) in [6, 6.07) is 38.7. The summed E-state index contributed by atoms with van der Waals surface area (Å²) >= 11 is 32.8. The molecule has 1 nitrogen and oxygen atoms in total. The molecule has 6 rings (SSSR count). The zero-order valence-corrected chi connectivity index (χ0v) is 25.2. The quantitative estimate of drug-likeness (QED) is 0.184. The summed E-state index contributed by atoms with van der Waals surface area (Å²) in [7, 11) is 0. The molecule has 0 saturated carbocycles. The standard InChI is InChI=1S/C35H20Cl5N/c36-26-11-1-6-21(16-26)31-32(22-7-2-12-27(37)17-22)34(24-9-4-14-29(39)19-24)41-35(25-10-5-15-30(40)20-25)33(31)23-8-3-13-28(38)18-23/h1-20H. The molecule has 5 aromatic carbocycles. The Morgan fingerprint density at radius 1 is 0.317 bits per heavy atom. The second kappa shape index (κ2) is 11.9. The third-order valence-electron chi connectivity index (χ3n) is 6.73. The second-order valence-corrected chi connectivity index (χ2v) is 11.7. The lowest BCUT2D eigenvalue weighted by atomic mass is 9.83. The Kier molecular flexibility index (Phi) is 8.08. The van der Waals surface area contributed by atoms with Crippen LogP contribution in [0.1, 0.15) is 0 Å². The largest absolute Gasteiger partial charge is 0.246 e. The molecule has 0 N–H and O–H groups in total. The molecule has 0 spiro atoms. The monoisotopic (exact) mass is 629 g/mol. The van der Waals surface area contributed by atoms with E-state index in [4.69, 9.17) is 63.0 Å². The average molecular weight is 632 g/mol. The molecule has 0 aliphatic carbocycles. The number of hydrogen-bond donors (Lipinski definition) is 0. The van der Waals surface area contributed by atoms with E-state index in [0.29, 0.717) is 25.1 Å². The van der Waals surface area contributed by atoms with Crippen molar-refractivity contribution in [2.24, 2.45) is 0 Å². The van der Waals surface area contributed by atoms with Crippen LogP contribution in [-0.2, 0) is 0 Å². The first-order valence-electron chi connectivity index (χ1n) is 12.7. The van der Waals surface area contributed by atoms with Gasteiger partial charge >= 0.3 is 0 Å². The minimum Gasteiger partial charge on any atom is -0.246 e. The Morgan fingerprint density at radius 3 is 0.902 bits per heavy atom. The number of pyridine rings is 1. The van der Waals surface area contributed by atoms with E-state index in [1.54, 1.807) is 0 Å². The van der Waals surface area contributed by atoms with Crippen molar-refractivity contribution in [2.45, 2.75) is 0 Å². The molecule has 200 valence electrons. The topological polar surface area (TPSA) is 12.9 Å². The molecular weight excluding hydrogens is 612 g/mol. The molecule has 0 fully saturated rings. The van der Waals surface area contributed by atoms with E-state index in [-0.39, 0.29) is 0 Å². The Labute approximate surface area is 263 Å². The smallest absolute Gasteiger partial charge is 0.0795 e. The molecule has 0 amide bonds. The van der Waals surface area contributed by atoms with Crippen LogP contribution >= 0.6 is 58.0 Å². The molecule has 0 saturated heterocycles. The Morgan fingerprint density at radius 2 is 0.585 bits per heavy atom. The molecular formula is C35H20Cl5N. The molecule has 1 heterocycles. The zero-order valence-electron chi connectivity index (χ0n) is 21.4. The number of rotatable bonds is 5. The molecule has 1 aromatic heterocycles. The van der Waals surface area contributed by atoms with Crippen molar-refractivity contribution in [3.8, 4) is 55.9 Å². The molecule has 0 aliphatic heterocycles. The lowest BCUT2D eigenvalue weighted by molar-refractivity contribution is 1.32. The number of hydrogen-bond acceptors (Lipinski definition) is 1. The van der Waals surface area contributed by atoms with E-state index in [1.807, 2.05) is 121 Å². The van der Waals surface area contributed by atoms with Gasteiger partial charge in [0.15, 0.2) is 0 Å². The van der Waals surface area contributed by atoms with Crippen LogP contribution in [-0.4, -0.2) is 4.98 Å². The van der Waals surface area contributed by atoms with E-state index in [1.165, 1.54) is 0 Å². The van der Waals surface area contributed by atoms with Crippen LogP contribution in [0.5, 0.6) is 0 Å². The first-order chi connectivity index (χ1) is 19.9. The lowest BCUT2D eigenvalue weighted by Gasteiger charge is -2.23.